The van der Waals surface area contributed by atoms with Crippen molar-refractivity contribution < 1.29 is 13.2 Å². The monoisotopic (exact) mass is 315 g/mol. The summed E-state index contributed by atoms with van der Waals surface area (Å²) in [5.41, 5.74) is 5.97. The second-order valence-corrected chi connectivity index (χ2v) is 7.66. The molecule has 1 aromatic rings. The van der Waals surface area contributed by atoms with Crippen LogP contribution in [0.15, 0.2) is 24.3 Å². The van der Waals surface area contributed by atoms with Crippen LogP contribution in [0.2, 0.25) is 0 Å². The lowest BCUT2D eigenvalue weighted by Crippen LogP contribution is -2.48. The lowest BCUT2D eigenvalue weighted by Gasteiger charge is -2.32. The number of nitrogens with two attached hydrogens (primary N) is 1. The maximum absolute atomic E-state index is 11.9. The summed E-state index contributed by atoms with van der Waals surface area (Å²) in [5.74, 6) is 0.395. The molecule has 0 aliphatic rings. The van der Waals surface area contributed by atoms with Gasteiger partial charge < -0.3 is 15.4 Å². The van der Waals surface area contributed by atoms with Gasteiger partial charge in [0, 0.05) is 12.1 Å². The quantitative estimate of drug-likeness (QED) is 0.697. The molecule has 0 saturated carbocycles. The Bertz CT molecular complexity index is 556. The number of hydrogen-bond acceptors (Lipinski definition) is 5. The topological polar surface area (TPSA) is 84.7 Å². The van der Waals surface area contributed by atoms with Crippen molar-refractivity contribution in [1.82, 2.24) is 9.62 Å². The van der Waals surface area contributed by atoms with E-state index in [9.17, 15) is 8.42 Å². The molecule has 0 saturated heterocycles. The van der Waals surface area contributed by atoms with Crippen LogP contribution in [0.5, 0.6) is 5.75 Å². The Morgan fingerprint density at radius 2 is 1.90 bits per heavy atom. The Balaban J connectivity index is 2.45. The molecule has 1 rings (SSSR count). The van der Waals surface area contributed by atoms with Crippen molar-refractivity contribution in [1.29, 1.82) is 0 Å². The number of para-hydroxylation sites is 2. The highest BCUT2D eigenvalue weighted by Gasteiger charge is 2.23. The third-order valence-corrected chi connectivity index (χ3v) is 4.75. The van der Waals surface area contributed by atoms with Gasteiger partial charge in [0.05, 0.1) is 11.4 Å². The molecular weight excluding hydrogens is 290 g/mol. The van der Waals surface area contributed by atoms with E-state index in [1.54, 1.807) is 24.3 Å². The molecule has 3 N–H and O–H groups in total. The zero-order chi connectivity index (χ0) is 16.1. The number of ether oxygens (including phenoxy) is 1. The fourth-order valence-corrected chi connectivity index (χ4v) is 2.41. The Morgan fingerprint density at radius 3 is 2.48 bits per heavy atom. The van der Waals surface area contributed by atoms with Crippen LogP contribution in [0, 0.1) is 0 Å². The molecule has 0 aromatic heterocycles. The summed E-state index contributed by atoms with van der Waals surface area (Å²) in [7, 11) is 0.451. The van der Waals surface area contributed by atoms with E-state index in [0.29, 0.717) is 18.0 Å². The minimum atomic E-state index is -3.37. The van der Waals surface area contributed by atoms with Gasteiger partial charge in [0.15, 0.2) is 0 Å². The first-order valence-electron chi connectivity index (χ1n) is 6.76. The second-order valence-electron chi connectivity index (χ2n) is 5.73. The van der Waals surface area contributed by atoms with E-state index in [2.05, 4.69) is 4.72 Å². The number of likely N-dealkylation sites (N-methyl/N-ethyl adjacent to an activating group) is 1. The summed E-state index contributed by atoms with van der Waals surface area (Å²) in [6.45, 7) is 4.34. The van der Waals surface area contributed by atoms with Crippen molar-refractivity contribution >= 4 is 15.7 Å². The van der Waals surface area contributed by atoms with E-state index < -0.39 is 10.0 Å². The van der Waals surface area contributed by atoms with Crippen LogP contribution < -0.4 is 15.2 Å². The lowest BCUT2D eigenvalue weighted by atomic mass is 10.1. The number of rotatable bonds is 8. The third-order valence-electron chi connectivity index (χ3n) is 3.46. The van der Waals surface area contributed by atoms with Gasteiger partial charge in [-0.1, -0.05) is 12.1 Å². The van der Waals surface area contributed by atoms with Gasteiger partial charge in [-0.2, -0.15) is 0 Å². The Kier molecular flexibility index (Phi) is 6.00. The molecule has 0 amide bonds. The molecule has 0 atom stereocenters. The molecule has 0 aliphatic heterocycles. The Hall–Kier alpha value is -1.31. The number of anilines is 1. The lowest BCUT2D eigenvalue weighted by molar-refractivity contribution is 0.198. The van der Waals surface area contributed by atoms with Gasteiger partial charge in [-0.05, 0) is 40.1 Å². The molecule has 1 aromatic carbocycles. The van der Waals surface area contributed by atoms with E-state index in [4.69, 9.17) is 10.5 Å². The highest BCUT2D eigenvalue weighted by molar-refractivity contribution is 7.89. The molecule has 0 radical (unpaired) electrons. The first-order chi connectivity index (χ1) is 9.64. The van der Waals surface area contributed by atoms with Gasteiger partial charge in [-0.25, -0.2) is 13.1 Å². The molecular formula is C14H25N3O3S. The normalized spacial score (nSPS) is 12.6. The highest BCUT2D eigenvalue weighted by Crippen LogP contribution is 2.19. The average molecular weight is 315 g/mol. The molecule has 0 spiro atoms. The fourth-order valence-electron chi connectivity index (χ4n) is 1.39. The van der Waals surface area contributed by atoms with Gasteiger partial charge in [-0.3, -0.25) is 0 Å². The molecule has 0 bridgehead atoms. The number of benzene rings is 1. The van der Waals surface area contributed by atoms with Gasteiger partial charge in [0.2, 0.25) is 10.0 Å². The molecule has 0 fully saturated rings. The van der Waals surface area contributed by atoms with Crippen LogP contribution in [-0.4, -0.2) is 51.9 Å². The molecule has 6 nitrogen and oxygen atoms in total. The first-order valence-corrected chi connectivity index (χ1v) is 8.41. The largest absolute Gasteiger partial charge is 0.490 e. The van der Waals surface area contributed by atoms with Gasteiger partial charge >= 0.3 is 0 Å². The summed E-state index contributed by atoms with van der Waals surface area (Å²) in [5, 5.41) is 0. The standard InChI is InChI=1S/C14H25N3O3S/c1-14(2,17(3)4)11-16-21(18,19)10-9-20-13-8-6-5-7-12(13)15/h5-8,16H,9-11,15H2,1-4H3. The van der Waals surface area contributed by atoms with Crippen molar-refractivity contribution in [2.45, 2.75) is 19.4 Å². The van der Waals surface area contributed by atoms with Crippen LogP contribution in [0.3, 0.4) is 0 Å². The SMILES string of the molecule is CN(C)C(C)(C)CNS(=O)(=O)CCOc1ccccc1N. The Labute approximate surface area is 127 Å². The number of nitrogens with one attached hydrogen (secondary N) is 1. The predicted molar refractivity (Wildman–Crippen MR) is 85.9 cm³/mol. The average Bonchev–Trinajstić information content (AvgIpc) is 2.39. The number of hydrogen-bond donors (Lipinski definition) is 2. The van der Waals surface area contributed by atoms with Gasteiger partial charge in [-0.15, -0.1) is 0 Å². The van der Waals surface area contributed by atoms with Crippen LogP contribution in [0.4, 0.5) is 5.69 Å². The van der Waals surface area contributed by atoms with Crippen LogP contribution in [0.25, 0.3) is 0 Å². The summed E-state index contributed by atoms with van der Waals surface area (Å²) in [6.07, 6.45) is 0. The van der Waals surface area contributed by atoms with Crippen LogP contribution in [-0.2, 0) is 10.0 Å². The first kappa shape index (κ1) is 17.7. The van der Waals surface area contributed by atoms with Crippen LogP contribution >= 0.6 is 0 Å². The number of sulfonamides is 1. The van der Waals surface area contributed by atoms with Gasteiger partial charge in [0.1, 0.15) is 12.4 Å². The molecule has 0 heterocycles. The third kappa shape index (κ3) is 5.91. The molecule has 0 unspecified atom stereocenters. The maximum atomic E-state index is 11.9. The highest BCUT2D eigenvalue weighted by atomic mass is 32.2. The van der Waals surface area contributed by atoms with E-state index in [-0.39, 0.29) is 17.9 Å². The van der Waals surface area contributed by atoms with Gasteiger partial charge in [0.25, 0.3) is 0 Å². The second kappa shape index (κ2) is 7.11. The predicted octanol–water partition coefficient (Wildman–Crippen LogP) is 0.907. The maximum Gasteiger partial charge on any atom is 0.215 e. The summed E-state index contributed by atoms with van der Waals surface area (Å²) >= 11 is 0. The molecule has 0 aliphatic carbocycles. The zero-order valence-corrected chi connectivity index (χ0v) is 13.9. The van der Waals surface area contributed by atoms with Crippen molar-refractivity contribution in [3.05, 3.63) is 24.3 Å². The molecule has 120 valence electrons. The van der Waals surface area contributed by atoms with Crippen molar-refractivity contribution in [2.24, 2.45) is 0 Å². The van der Waals surface area contributed by atoms with E-state index in [0.717, 1.165) is 0 Å². The van der Waals surface area contributed by atoms with E-state index in [1.807, 2.05) is 32.8 Å². The van der Waals surface area contributed by atoms with Crippen LogP contribution in [0.1, 0.15) is 13.8 Å². The summed E-state index contributed by atoms with van der Waals surface area (Å²) in [4.78, 5) is 1.97. The van der Waals surface area contributed by atoms with Crippen molar-refractivity contribution in [3.8, 4) is 5.75 Å². The van der Waals surface area contributed by atoms with E-state index in [1.165, 1.54) is 0 Å². The van der Waals surface area contributed by atoms with E-state index >= 15 is 0 Å². The minimum absolute atomic E-state index is 0.0614. The molecule has 21 heavy (non-hydrogen) atoms. The minimum Gasteiger partial charge on any atom is -0.490 e. The fraction of sp³-hybridized carbons (Fsp3) is 0.571. The Morgan fingerprint density at radius 1 is 1.29 bits per heavy atom. The smallest absolute Gasteiger partial charge is 0.215 e. The van der Waals surface area contributed by atoms with Crippen molar-refractivity contribution in [2.75, 3.05) is 38.7 Å². The summed E-state index contributed by atoms with van der Waals surface area (Å²) < 4.78 is 31.9. The molecule has 7 heteroatoms. The zero-order valence-electron chi connectivity index (χ0n) is 13.1. The number of nitrogens with zero attached hydrogens (tertiary/aromatic N) is 1. The van der Waals surface area contributed by atoms with Crippen molar-refractivity contribution in [3.63, 3.8) is 0 Å². The number of nitrogen functional groups attached to an aromatic ring is 1. The summed E-state index contributed by atoms with van der Waals surface area (Å²) in [6, 6.07) is 7.01.